The van der Waals surface area contributed by atoms with Gasteiger partial charge in [-0.05, 0) is 13.3 Å². The average Bonchev–Trinajstić information content (AvgIpc) is 3.06. The molecule has 0 fully saturated rings. The molecule has 0 amide bonds. The van der Waals surface area contributed by atoms with Crippen molar-refractivity contribution in [2.45, 2.75) is 39.7 Å². The third kappa shape index (κ3) is 2.03. The van der Waals surface area contributed by atoms with Gasteiger partial charge in [-0.3, -0.25) is 9.36 Å². The minimum Gasteiger partial charge on any atom is -0.332 e. The molecule has 0 saturated heterocycles. The fourth-order valence-corrected chi connectivity index (χ4v) is 2.89. The van der Waals surface area contributed by atoms with Crippen molar-refractivity contribution in [2.24, 2.45) is 0 Å². The average molecular weight is 310 g/mol. The van der Waals surface area contributed by atoms with Gasteiger partial charge in [0.2, 0.25) is 5.78 Å². The zero-order valence-corrected chi connectivity index (χ0v) is 13.2. The standard InChI is InChI=1S/C16H18N6O/c1-3-4-5-9-21-14-12(17-13(18-14)11-7-6-8-11)15(23)22-10(2)19-20-16(21)22/h6-8H,3-5,9H2,1-2H3,(H,17,18). The van der Waals surface area contributed by atoms with Gasteiger partial charge in [-0.15, -0.1) is 10.2 Å². The molecule has 3 heterocycles. The number of rotatable bonds is 5. The molecular weight excluding hydrogens is 292 g/mol. The molecule has 1 aliphatic carbocycles. The van der Waals surface area contributed by atoms with Crippen LogP contribution in [0.15, 0.2) is 23.0 Å². The van der Waals surface area contributed by atoms with Crippen LogP contribution in [-0.4, -0.2) is 29.1 Å². The van der Waals surface area contributed by atoms with E-state index in [-0.39, 0.29) is 5.56 Å². The molecule has 0 aliphatic heterocycles. The molecule has 4 rings (SSSR count). The summed E-state index contributed by atoms with van der Waals surface area (Å²) >= 11 is 0. The zero-order valence-electron chi connectivity index (χ0n) is 13.2. The van der Waals surface area contributed by atoms with Crippen LogP contribution in [0.2, 0.25) is 0 Å². The van der Waals surface area contributed by atoms with Crippen LogP contribution in [0.25, 0.3) is 22.5 Å². The van der Waals surface area contributed by atoms with Crippen LogP contribution in [0.5, 0.6) is 0 Å². The Kier molecular flexibility index (Phi) is 3.14. The molecule has 23 heavy (non-hydrogen) atoms. The topological polar surface area (TPSA) is 80.9 Å². The number of aryl methyl sites for hydroxylation is 2. The Hall–Kier alpha value is -2.70. The maximum absolute atomic E-state index is 12.8. The Morgan fingerprint density at radius 3 is 2.78 bits per heavy atom. The largest absolute Gasteiger partial charge is 0.332 e. The lowest BCUT2D eigenvalue weighted by Crippen LogP contribution is -2.20. The van der Waals surface area contributed by atoms with E-state index in [4.69, 9.17) is 0 Å². The Bertz CT molecular complexity index is 1020. The second-order valence-corrected chi connectivity index (χ2v) is 5.81. The van der Waals surface area contributed by atoms with Crippen molar-refractivity contribution in [3.63, 3.8) is 0 Å². The molecule has 0 aromatic carbocycles. The normalized spacial score (nSPS) is 13.7. The van der Waals surface area contributed by atoms with Gasteiger partial charge in [-0.2, -0.15) is 0 Å². The third-order valence-corrected chi connectivity index (χ3v) is 4.22. The molecule has 0 radical (unpaired) electrons. The van der Waals surface area contributed by atoms with Crippen LogP contribution >= 0.6 is 0 Å². The maximum Gasteiger partial charge on any atom is 0.286 e. The van der Waals surface area contributed by atoms with Crippen LogP contribution in [0.3, 0.4) is 0 Å². The van der Waals surface area contributed by atoms with Gasteiger partial charge in [0.1, 0.15) is 11.6 Å². The van der Waals surface area contributed by atoms with Crippen LogP contribution in [0.1, 0.15) is 37.8 Å². The van der Waals surface area contributed by atoms with Gasteiger partial charge in [0.15, 0.2) is 11.2 Å². The van der Waals surface area contributed by atoms with Gasteiger partial charge in [0, 0.05) is 12.1 Å². The summed E-state index contributed by atoms with van der Waals surface area (Å²) in [6, 6.07) is 0. The summed E-state index contributed by atoms with van der Waals surface area (Å²) in [6.45, 7) is 4.73. The summed E-state index contributed by atoms with van der Waals surface area (Å²) in [4.78, 5) is 20.6. The molecule has 7 nitrogen and oxygen atoms in total. The number of allylic oxidation sites excluding steroid dienone is 4. The van der Waals surface area contributed by atoms with Gasteiger partial charge in [0.05, 0.1) is 0 Å². The van der Waals surface area contributed by atoms with Gasteiger partial charge in [-0.25, -0.2) is 9.38 Å². The van der Waals surface area contributed by atoms with E-state index < -0.39 is 0 Å². The number of hydrogen-bond acceptors (Lipinski definition) is 4. The van der Waals surface area contributed by atoms with Crippen LogP contribution < -0.4 is 5.56 Å². The molecule has 1 aliphatic rings. The molecule has 0 spiro atoms. The smallest absolute Gasteiger partial charge is 0.286 e. The van der Waals surface area contributed by atoms with Crippen molar-refractivity contribution >= 4 is 22.5 Å². The molecule has 118 valence electrons. The van der Waals surface area contributed by atoms with E-state index in [9.17, 15) is 4.79 Å². The van der Waals surface area contributed by atoms with E-state index in [1.807, 2.05) is 22.8 Å². The number of hydrogen-bond donors (Lipinski definition) is 1. The molecule has 3 aromatic rings. The predicted octanol–water partition coefficient (Wildman–Crippen LogP) is 2.22. The molecule has 1 N–H and O–H groups in total. The van der Waals surface area contributed by atoms with E-state index in [1.54, 1.807) is 11.3 Å². The maximum atomic E-state index is 12.8. The summed E-state index contributed by atoms with van der Waals surface area (Å²) in [5.74, 6) is 1.88. The fraction of sp³-hybridized carbons (Fsp3) is 0.375. The first kappa shape index (κ1) is 13.9. The number of aromatic nitrogens is 6. The van der Waals surface area contributed by atoms with Crippen molar-refractivity contribution in [2.75, 3.05) is 0 Å². The van der Waals surface area contributed by atoms with E-state index in [0.29, 0.717) is 22.8 Å². The molecule has 0 bridgehead atoms. The highest BCUT2D eigenvalue weighted by atomic mass is 16.1. The van der Waals surface area contributed by atoms with E-state index >= 15 is 0 Å². The van der Waals surface area contributed by atoms with Crippen LogP contribution in [-0.2, 0) is 6.54 Å². The SMILES string of the molecule is CCCCCn1c2nc(C3=CC=C3)[nH]c2c(=O)n2c(C)nnc12. The van der Waals surface area contributed by atoms with Crippen LogP contribution in [0.4, 0.5) is 0 Å². The first-order chi connectivity index (χ1) is 11.2. The molecule has 0 unspecified atom stereocenters. The number of imidazole rings is 1. The number of H-pyrrole nitrogens is 1. The first-order valence-corrected chi connectivity index (χ1v) is 7.93. The summed E-state index contributed by atoms with van der Waals surface area (Å²) in [5, 5.41) is 8.25. The number of nitrogens with one attached hydrogen (secondary N) is 1. The van der Waals surface area contributed by atoms with Crippen molar-refractivity contribution in [1.29, 1.82) is 0 Å². The molecular formula is C16H18N6O. The van der Waals surface area contributed by atoms with Crippen LogP contribution in [0, 0.1) is 6.92 Å². The van der Waals surface area contributed by atoms with E-state index in [0.717, 1.165) is 37.2 Å². The van der Waals surface area contributed by atoms with Crippen molar-refractivity contribution in [3.05, 3.63) is 40.2 Å². The summed E-state index contributed by atoms with van der Waals surface area (Å²) in [5.41, 5.74) is 2.02. The summed E-state index contributed by atoms with van der Waals surface area (Å²) in [6.07, 6.45) is 9.17. The lowest BCUT2D eigenvalue weighted by Gasteiger charge is -2.08. The monoisotopic (exact) mass is 310 g/mol. The Labute approximate surface area is 132 Å². The van der Waals surface area contributed by atoms with Crippen molar-refractivity contribution in [1.82, 2.24) is 29.1 Å². The zero-order chi connectivity index (χ0) is 16.0. The van der Waals surface area contributed by atoms with Crippen molar-refractivity contribution in [3.8, 4) is 0 Å². The van der Waals surface area contributed by atoms with Gasteiger partial charge >= 0.3 is 0 Å². The molecule has 7 heteroatoms. The number of unbranched alkanes of at least 4 members (excludes halogenated alkanes) is 2. The van der Waals surface area contributed by atoms with E-state index in [2.05, 4.69) is 27.1 Å². The molecule has 0 atom stereocenters. The molecule has 0 saturated carbocycles. The highest BCUT2D eigenvalue weighted by molar-refractivity contribution is 5.83. The quantitative estimate of drug-likeness (QED) is 0.733. The van der Waals surface area contributed by atoms with Gasteiger partial charge in [-0.1, -0.05) is 38.0 Å². The highest BCUT2D eigenvalue weighted by Gasteiger charge is 2.19. The third-order valence-electron chi connectivity index (χ3n) is 4.22. The number of nitrogens with zero attached hydrogens (tertiary/aromatic N) is 5. The van der Waals surface area contributed by atoms with Gasteiger partial charge < -0.3 is 4.98 Å². The second kappa shape index (κ2) is 5.19. The van der Waals surface area contributed by atoms with Gasteiger partial charge in [0.25, 0.3) is 5.56 Å². The fourth-order valence-electron chi connectivity index (χ4n) is 2.89. The lowest BCUT2D eigenvalue weighted by molar-refractivity contribution is 0.612. The lowest BCUT2D eigenvalue weighted by atomic mass is 10.1. The van der Waals surface area contributed by atoms with Crippen molar-refractivity contribution < 1.29 is 0 Å². The minimum absolute atomic E-state index is 0.146. The predicted molar refractivity (Wildman–Crippen MR) is 88.3 cm³/mol. The Balaban J connectivity index is 1.98. The summed E-state index contributed by atoms with van der Waals surface area (Å²) in [7, 11) is 0. The summed E-state index contributed by atoms with van der Waals surface area (Å²) < 4.78 is 3.55. The second-order valence-electron chi connectivity index (χ2n) is 5.81. The first-order valence-electron chi connectivity index (χ1n) is 7.93. The Morgan fingerprint density at radius 2 is 2.09 bits per heavy atom. The Morgan fingerprint density at radius 1 is 1.26 bits per heavy atom. The minimum atomic E-state index is -0.146. The number of aromatic amines is 1. The highest BCUT2D eigenvalue weighted by Crippen LogP contribution is 2.22. The molecule has 3 aromatic heterocycles. The number of fused-ring (bicyclic) bond motifs is 2. The van der Waals surface area contributed by atoms with E-state index in [1.165, 1.54) is 0 Å².